The van der Waals surface area contributed by atoms with E-state index in [4.69, 9.17) is 0 Å². The van der Waals surface area contributed by atoms with Gasteiger partial charge in [0.05, 0.1) is 4.90 Å². The number of hydrogen-bond donors (Lipinski definition) is 1. The molecule has 0 aliphatic heterocycles. The summed E-state index contributed by atoms with van der Waals surface area (Å²) in [5.41, 5.74) is 1.81. The Morgan fingerprint density at radius 2 is 1.58 bits per heavy atom. The summed E-state index contributed by atoms with van der Waals surface area (Å²) in [6.45, 7) is 5.91. The highest BCUT2D eigenvalue weighted by Crippen LogP contribution is 2.57. The van der Waals surface area contributed by atoms with Crippen LogP contribution in [0.1, 0.15) is 50.2 Å². The number of hydrogen-bond acceptors (Lipinski definition) is 2. The van der Waals surface area contributed by atoms with Gasteiger partial charge in [0.15, 0.2) is 0 Å². The Bertz CT molecular complexity index is 712. The first-order valence-electron chi connectivity index (χ1n) is 9.43. The molecule has 1 atom stereocenters. The lowest BCUT2D eigenvalue weighted by Gasteiger charge is -2.56. The van der Waals surface area contributed by atoms with Crippen LogP contribution in [0.15, 0.2) is 23.1 Å². The first-order valence-corrected chi connectivity index (χ1v) is 10.9. The third-order valence-corrected chi connectivity index (χ3v) is 8.55. The second kappa shape index (κ2) is 5.84. The van der Waals surface area contributed by atoms with Crippen LogP contribution in [0.5, 0.6) is 0 Å². The summed E-state index contributed by atoms with van der Waals surface area (Å²) in [5, 5.41) is 0. The maximum atomic E-state index is 12.9. The molecule has 1 aromatic rings. The van der Waals surface area contributed by atoms with E-state index in [1.54, 1.807) is 6.07 Å². The van der Waals surface area contributed by atoms with Crippen molar-refractivity contribution in [1.29, 1.82) is 0 Å². The van der Waals surface area contributed by atoms with Gasteiger partial charge in [-0.25, -0.2) is 13.1 Å². The summed E-state index contributed by atoms with van der Waals surface area (Å²) in [6.07, 6.45) is 6.74. The smallest absolute Gasteiger partial charge is 0.208 e. The summed E-state index contributed by atoms with van der Waals surface area (Å²) < 4.78 is 28.9. The predicted molar refractivity (Wildman–Crippen MR) is 96.2 cm³/mol. The average Bonchev–Trinajstić information content (AvgIpc) is 2.48. The van der Waals surface area contributed by atoms with E-state index in [0.29, 0.717) is 10.8 Å². The molecule has 1 aromatic carbocycles. The molecular weight excluding hydrogens is 318 g/mol. The highest BCUT2D eigenvalue weighted by molar-refractivity contribution is 7.89. The predicted octanol–water partition coefficient (Wildman–Crippen LogP) is 4.04. The molecule has 4 aliphatic carbocycles. The summed E-state index contributed by atoms with van der Waals surface area (Å²) in [7, 11) is -3.45. The number of rotatable bonds is 4. The largest absolute Gasteiger partial charge is 0.241 e. The van der Waals surface area contributed by atoms with Crippen LogP contribution in [0.3, 0.4) is 0 Å². The number of sulfonamides is 1. The molecule has 4 bridgehead atoms. The van der Waals surface area contributed by atoms with Crippen LogP contribution >= 0.6 is 0 Å². The second-order valence-electron chi connectivity index (χ2n) is 8.69. The van der Waals surface area contributed by atoms with E-state index in [2.05, 4.69) is 11.6 Å². The topological polar surface area (TPSA) is 46.2 Å². The molecule has 4 fully saturated rings. The zero-order valence-corrected chi connectivity index (χ0v) is 15.8. The van der Waals surface area contributed by atoms with E-state index >= 15 is 0 Å². The van der Waals surface area contributed by atoms with Gasteiger partial charge in [0, 0.05) is 6.04 Å². The Labute approximate surface area is 146 Å². The van der Waals surface area contributed by atoms with Gasteiger partial charge < -0.3 is 0 Å². The standard InChI is InChI=1S/C20H29NO2S/c1-12-4-5-13(2)19(6-12)24(22,23)21-14(3)20-17-8-15-7-16(10-17)11-18(20)9-15/h4-6,14-18,20-21H,7-11H2,1-3H3. The van der Waals surface area contributed by atoms with Crippen LogP contribution in [0.25, 0.3) is 0 Å². The summed E-state index contributed by atoms with van der Waals surface area (Å²) in [4.78, 5) is 0.443. The molecule has 0 spiro atoms. The van der Waals surface area contributed by atoms with Crippen molar-refractivity contribution in [2.75, 3.05) is 0 Å². The van der Waals surface area contributed by atoms with Crippen molar-refractivity contribution in [3.8, 4) is 0 Å². The first kappa shape index (κ1) is 16.6. The minimum Gasteiger partial charge on any atom is -0.208 e. The molecule has 4 saturated carbocycles. The van der Waals surface area contributed by atoms with E-state index in [1.807, 2.05) is 26.0 Å². The second-order valence-corrected chi connectivity index (χ2v) is 10.4. The molecule has 0 radical (unpaired) electrons. The quantitative estimate of drug-likeness (QED) is 0.893. The van der Waals surface area contributed by atoms with Crippen molar-refractivity contribution in [2.24, 2.45) is 29.6 Å². The fraction of sp³-hybridized carbons (Fsp3) is 0.700. The SMILES string of the molecule is Cc1ccc(C)c(S(=O)(=O)NC(C)C2C3CC4CC(C3)CC2C4)c1. The third-order valence-electron chi connectivity index (χ3n) is 6.85. The van der Waals surface area contributed by atoms with Crippen molar-refractivity contribution in [1.82, 2.24) is 4.72 Å². The molecule has 0 aromatic heterocycles. The van der Waals surface area contributed by atoms with Crippen LogP contribution < -0.4 is 4.72 Å². The maximum absolute atomic E-state index is 12.9. The van der Waals surface area contributed by atoms with Gasteiger partial charge in [-0.1, -0.05) is 12.1 Å². The summed E-state index contributed by atoms with van der Waals surface area (Å²) in [5.74, 6) is 3.84. The highest BCUT2D eigenvalue weighted by atomic mass is 32.2. The molecule has 4 aliphatic rings. The van der Waals surface area contributed by atoms with Gasteiger partial charge in [-0.05, 0) is 99.7 Å². The molecule has 0 heterocycles. The molecule has 3 nitrogen and oxygen atoms in total. The van der Waals surface area contributed by atoms with Crippen molar-refractivity contribution in [2.45, 2.75) is 63.8 Å². The Morgan fingerprint density at radius 1 is 1.00 bits per heavy atom. The van der Waals surface area contributed by atoms with E-state index in [0.717, 1.165) is 34.8 Å². The molecule has 24 heavy (non-hydrogen) atoms. The van der Waals surface area contributed by atoms with Crippen LogP contribution in [0.4, 0.5) is 0 Å². The fourth-order valence-electron chi connectivity index (χ4n) is 6.17. The van der Waals surface area contributed by atoms with Crippen LogP contribution in [0, 0.1) is 43.4 Å². The molecule has 1 unspecified atom stereocenters. The third kappa shape index (κ3) is 2.82. The Hall–Kier alpha value is -0.870. The van der Waals surface area contributed by atoms with Crippen molar-refractivity contribution in [3.63, 3.8) is 0 Å². The van der Waals surface area contributed by atoms with Gasteiger partial charge in [0.2, 0.25) is 10.0 Å². The minimum atomic E-state index is -3.45. The van der Waals surface area contributed by atoms with Crippen molar-refractivity contribution in [3.05, 3.63) is 29.3 Å². The number of benzene rings is 1. The lowest BCUT2D eigenvalue weighted by atomic mass is 9.51. The molecule has 132 valence electrons. The summed E-state index contributed by atoms with van der Waals surface area (Å²) in [6, 6.07) is 5.69. The minimum absolute atomic E-state index is 0.0323. The number of aryl methyl sites for hydroxylation is 2. The van der Waals surface area contributed by atoms with Gasteiger partial charge >= 0.3 is 0 Å². The first-order chi connectivity index (χ1) is 11.3. The highest BCUT2D eigenvalue weighted by Gasteiger charge is 2.50. The number of nitrogens with one attached hydrogen (secondary N) is 1. The van der Waals surface area contributed by atoms with Crippen molar-refractivity contribution < 1.29 is 8.42 Å². The zero-order valence-electron chi connectivity index (χ0n) is 15.0. The lowest BCUT2D eigenvalue weighted by Crippen LogP contribution is -2.53. The maximum Gasteiger partial charge on any atom is 0.241 e. The van der Waals surface area contributed by atoms with Crippen molar-refractivity contribution >= 4 is 10.0 Å². The van der Waals surface area contributed by atoms with E-state index in [-0.39, 0.29) is 6.04 Å². The van der Waals surface area contributed by atoms with Crippen LogP contribution in [-0.4, -0.2) is 14.5 Å². The monoisotopic (exact) mass is 347 g/mol. The van der Waals surface area contributed by atoms with Gasteiger partial charge in [0.1, 0.15) is 0 Å². The zero-order chi connectivity index (χ0) is 17.1. The lowest BCUT2D eigenvalue weighted by molar-refractivity contribution is -0.0463. The molecule has 0 amide bonds. The van der Waals surface area contributed by atoms with Crippen LogP contribution in [-0.2, 0) is 10.0 Å². The normalized spacial score (nSPS) is 36.0. The van der Waals surface area contributed by atoms with E-state index in [9.17, 15) is 8.42 Å². The Balaban J connectivity index is 1.55. The Morgan fingerprint density at radius 3 is 2.17 bits per heavy atom. The summed E-state index contributed by atoms with van der Waals surface area (Å²) >= 11 is 0. The Kier molecular flexibility index (Phi) is 4.04. The van der Waals surface area contributed by atoms with Gasteiger partial charge in [0.25, 0.3) is 0 Å². The van der Waals surface area contributed by atoms with Crippen LogP contribution in [0.2, 0.25) is 0 Å². The van der Waals surface area contributed by atoms with Gasteiger partial charge in [-0.3, -0.25) is 0 Å². The van der Waals surface area contributed by atoms with E-state index in [1.165, 1.54) is 32.1 Å². The average molecular weight is 348 g/mol. The molecule has 4 heteroatoms. The fourth-order valence-corrected chi connectivity index (χ4v) is 7.77. The molecule has 1 N–H and O–H groups in total. The molecule has 0 saturated heterocycles. The van der Waals surface area contributed by atoms with E-state index < -0.39 is 10.0 Å². The van der Waals surface area contributed by atoms with Gasteiger partial charge in [-0.2, -0.15) is 0 Å². The van der Waals surface area contributed by atoms with Gasteiger partial charge in [-0.15, -0.1) is 0 Å². The molecular formula is C20H29NO2S. The molecule has 5 rings (SSSR count).